The molecular weight excluding hydrogens is 272 g/mol. The van der Waals surface area contributed by atoms with Crippen LogP contribution in [0.4, 0.5) is 11.5 Å². The van der Waals surface area contributed by atoms with Gasteiger partial charge >= 0.3 is 5.69 Å². The molecule has 7 nitrogen and oxygen atoms in total. The summed E-state index contributed by atoms with van der Waals surface area (Å²) in [5.74, 6) is 1.28. The summed E-state index contributed by atoms with van der Waals surface area (Å²) < 4.78 is 5.38. The maximum atomic E-state index is 11.3. The third kappa shape index (κ3) is 3.59. The Balaban J connectivity index is 2.44. The minimum Gasteiger partial charge on any atom is -0.473 e. The van der Waals surface area contributed by atoms with Crippen molar-refractivity contribution in [3.63, 3.8) is 0 Å². The molecule has 0 unspecified atom stereocenters. The van der Waals surface area contributed by atoms with Crippen LogP contribution in [0.1, 0.15) is 57.7 Å². The Kier molecular flexibility index (Phi) is 5.30. The third-order valence-corrected chi connectivity index (χ3v) is 3.65. The lowest BCUT2D eigenvalue weighted by molar-refractivity contribution is -0.385. The molecule has 1 aliphatic carbocycles. The topological polar surface area (TPSA) is 90.2 Å². The number of aromatic nitrogens is 2. The highest BCUT2D eigenvalue weighted by molar-refractivity contribution is 5.61. The largest absolute Gasteiger partial charge is 0.473 e. The van der Waals surface area contributed by atoms with Gasteiger partial charge in [-0.25, -0.2) is 4.98 Å². The molecule has 7 heteroatoms. The molecule has 0 amide bonds. The minimum atomic E-state index is -0.479. The van der Waals surface area contributed by atoms with Crippen LogP contribution in [0.15, 0.2) is 0 Å². The van der Waals surface area contributed by atoms with Gasteiger partial charge in [0.1, 0.15) is 5.82 Å². The van der Waals surface area contributed by atoms with Crippen molar-refractivity contribution < 1.29 is 9.66 Å². The molecule has 116 valence electrons. The van der Waals surface area contributed by atoms with Gasteiger partial charge in [0.15, 0.2) is 0 Å². The first-order valence-corrected chi connectivity index (χ1v) is 7.60. The Labute approximate surface area is 124 Å². The van der Waals surface area contributed by atoms with E-state index in [1.807, 2.05) is 6.92 Å². The van der Waals surface area contributed by atoms with Crippen molar-refractivity contribution in [3.05, 3.63) is 15.9 Å². The molecule has 2 rings (SSSR count). The van der Waals surface area contributed by atoms with Gasteiger partial charge < -0.3 is 10.1 Å². The van der Waals surface area contributed by atoms with Crippen molar-refractivity contribution in [1.82, 2.24) is 9.97 Å². The van der Waals surface area contributed by atoms with E-state index < -0.39 is 4.92 Å². The van der Waals surface area contributed by atoms with Gasteiger partial charge in [-0.05, 0) is 26.7 Å². The predicted octanol–water partition coefficient (Wildman–Crippen LogP) is 3.26. The molecule has 0 bridgehead atoms. The summed E-state index contributed by atoms with van der Waals surface area (Å²) in [5.41, 5.74) is -0.168. The quantitative estimate of drug-likeness (QED) is 0.639. The first kappa shape index (κ1) is 15.5. The second kappa shape index (κ2) is 7.19. The fraction of sp³-hybridized carbons (Fsp3) is 0.714. The number of hydrogen-bond donors (Lipinski definition) is 1. The average molecular weight is 294 g/mol. The molecule has 1 N–H and O–H groups in total. The number of nitrogens with one attached hydrogen (secondary N) is 1. The van der Waals surface area contributed by atoms with Gasteiger partial charge in [-0.2, -0.15) is 4.98 Å². The van der Waals surface area contributed by atoms with Crippen LogP contribution in [0.2, 0.25) is 0 Å². The van der Waals surface area contributed by atoms with Gasteiger partial charge in [-0.1, -0.05) is 19.3 Å². The molecule has 21 heavy (non-hydrogen) atoms. The molecule has 0 spiro atoms. The number of rotatable bonds is 6. The zero-order chi connectivity index (χ0) is 15.2. The zero-order valence-corrected chi connectivity index (χ0v) is 12.6. The molecule has 0 atom stereocenters. The monoisotopic (exact) mass is 294 g/mol. The normalized spacial score (nSPS) is 15.7. The van der Waals surface area contributed by atoms with Crippen LogP contribution >= 0.6 is 0 Å². The van der Waals surface area contributed by atoms with Crippen molar-refractivity contribution in [2.24, 2.45) is 0 Å². The second-order valence-corrected chi connectivity index (χ2v) is 5.14. The molecule has 1 aliphatic rings. The number of nitrogens with zero attached hydrogens (tertiary/aromatic N) is 3. The van der Waals surface area contributed by atoms with Crippen molar-refractivity contribution in [2.45, 2.75) is 51.9 Å². The fourth-order valence-electron chi connectivity index (χ4n) is 2.69. The van der Waals surface area contributed by atoms with Crippen LogP contribution in [-0.4, -0.2) is 28.0 Å². The Morgan fingerprint density at radius 1 is 1.29 bits per heavy atom. The fourth-order valence-corrected chi connectivity index (χ4v) is 2.69. The Hall–Kier alpha value is -1.92. The van der Waals surface area contributed by atoms with Gasteiger partial charge in [0.25, 0.3) is 5.88 Å². The number of ether oxygens (including phenoxy) is 1. The highest BCUT2D eigenvalue weighted by atomic mass is 16.6. The third-order valence-electron chi connectivity index (χ3n) is 3.65. The lowest BCUT2D eigenvalue weighted by Gasteiger charge is -2.21. The number of nitro groups is 1. The van der Waals surface area contributed by atoms with E-state index in [-0.39, 0.29) is 23.3 Å². The van der Waals surface area contributed by atoms with Crippen LogP contribution < -0.4 is 10.1 Å². The highest BCUT2D eigenvalue weighted by Crippen LogP contribution is 2.37. The van der Waals surface area contributed by atoms with Crippen LogP contribution in [0.25, 0.3) is 0 Å². The molecule has 0 saturated heterocycles. The molecule has 0 radical (unpaired) electrons. The molecule has 0 aliphatic heterocycles. The van der Waals surface area contributed by atoms with E-state index in [0.29, 0.717) is 19.0 Å². The summed E-state index contributed by atoms with van der Waals surface area (Å²) in [5, 5.41) is 14.2. The maximum Gasteiger partial charge on any atom is 0.372 e. The van der Waals surface area contributed by atoms with Gasteiger partial charge in [0, 0.05) is 12.5 Å². The van der Waals surface area contributed by atoms with Crippen LogP contribution in [0.3, 0.4) is 0 Å². The summed E-state index contributed by atoms with van der Waals surface area (Å²) in [7, 11) is 0. The Morgan fingerprint density at radius 3 is 2.57 bits per heavy atom. The second-order valence-electron chi connectivity index (χ2n) is 5.14. The lowest BCUT2D eigenvalue weighted by Crippen LogP contribution is -2.14. The van der Waals surface area contributed by atoms with Crippen molar-refractivity contribution in [2.75, 3.05) is 18.5 Å². The van der Waals surface area contributed by atoms with Crippen molar-refractivity contribution in [1.29, 1.82) is 0 Å². The van der Waals surface area contributed by atoms with Gasteiger partial charge in [-0.15, -0.1) is 0 Å². The number of anilines is 1. The minimum absolute atomic E-state index is 0.0778. The van der Waals surface area contributed by atoms with Gasteiger partial charge in [0.05, 0.1) is 11.5 Å². The molecular formula is C14H22N4O3. The van der Waals surface area contributed by atoms with E-state index in [1.165, 1.54) is 6.42 Å². The summed E-state index contributed by atoms with van der Waals surface area (Å²) in [6.07, 6.45) is 5.63. The number of hydrogen-bond acceptors (Lipinski definition) is 6. The smallest absolute Gasteiger partial charge is 0.372 e. The molecule has 1 fully saturated rings. The van der Waals surface area contributed by atoms with Crippen molar-refractivity contribution in [3.8, 4) is 5.88 Å². The summed E-state index contributed by atoms with van der Waals surface area (Å²) in [6.45, 7) is 4.58. The van der Waals surface area contributed by atoms with Crippen molar-refractivity contribution >= 4 is 11.5 Å². The van der Waals surface area contributed by atoms with Gasteiger partial charge in [-0.3, -0.25) is 10.1 Å². The van der Waals surface area contributed by atoms with Crippen LogP contribution in [0.5, 0.6) is 5.88 Å². The summed E-state index contributed by atoms with van der Waals surface area (Å²) in [4.78, 5) is 19.5. The van der Waals surface area contributed by atoms with E-state index >= 15 is 0 Å². The van der Waals surface area contributed by atoms with E-state index in [9.17, 15) is 10.1 Å². The summed E-state index contributed by atoms with van der Waals surface area (Å²) in [6, 6.07) is 0. The van der Waals surface area contributed by atoms with Crippen LogP contribution in [-0.2, 0) is 0 Å². The zero-order valence-electron chi connectivity index (χ0n) is 12.6. The average Bonchev–Trinajstić information content (AvgIpc) is 2.48. The molecule has 1 aromatic rings. The summed E-state index contributed by atoms with van der Waals surface area (Å²) >= 11 is 0. The standard InChI is InChI=1S/C14H22N4O3/c1-3-15-13-11(18(19)20)14(21-4-2)17-12(16-13)10-8-6-5-7-9-10/h10H,3-9H2,1-2H3,(H,15,16,17). The van der Waals surface area contributed by atoms with E-state index in [2.05, 4.69) is 15.3 Å². The molecule has 0 aromatic carbocycles. The maximum absolute atomic E-state index is 11.3. The van der Waals surface area contributed by atoms with Gasteiger partial charge in [0.2, 0.25) is 5.82 Å². The molecule has 1 aromatic heterocycles. The van der Waals surface area contributed by atoms with E-state index in [4.69, 9.17) is 4.74 Å². The highest BCUT2D eigenvalue weighted by Gasteiger charge is 2.28. The first-order valence-electron chi connectivity index (χ1n) is 7.60. The SMILES string of the molecule is CCNc1nc(C2CCCCC2)nc(OCC)c1[N+](=O)[O-]. The van der Waals surface area contributed by atoms with Crippen LogP contribution in [0, 0.1) is 10.1 Å². The van der Waals surface area contributed by atoms with E-state index in [0.717, 1.165) is 25.7 Å². The first-order chi connectivity index (χ1) is 10.2. The Bertz CT molecular complexity index is 474. The molecule has 1 saturated carbocycles. The van der Waals surface area contributed by atoms with E-state index in [1.54, 1.807) is 6.92 Å². The predicted molar refractivity (Wildman–Crippen MR) is 79.8 cm³/mol. The Morgan fingerprint density at radius 2 is 2.00 bits per heavy atom. The lowest BCUT2D eigenvalue weighted by atomic mass is 9.88. The molecule has 1 heterocycles.